The van der Waals surface area contributed by atoms with Crippen LogP contribution in [-0.4, -0.2) is 37.3 Å². The molecule has 1 saturated heterocycles. The molecule has 1 fully saturated rings. The van der Waals surface area contributed by atoms with Gasteiger partial charge in [0.15, 0.2) is 0 Å². The molecule has 35 heavy (non-hydrogen) atoms. The summed E-state index contributed by atoms with van der Waals surface area (Å²) >= 11 is 0. The van der Waals surface area contributed by atoms with E-state index in [1.54, 1.807) is 12.4 Å². The van der Waals surface area contributed by atoms with Gasteiger partial charge in [-0.05, 0) is 60.7 Å². The monoisotopic (exact) mass is 479 g/mol. The van der Waals surface area contributed by atoms with E-state index in [0.29, 0.717) is 29.8 Å². The number of aromatic amines is 1. The van der Waals surface area contributed by atoms with E-state index < -0.39 is 11.7 Å². The Bertz CT molecular complexity index is 1280. The van der Waals surface area contributed by atoms with Crippen LogP contribution in [0.15, 0.2) is 73.2 Å². The highest BCUT2D eigenvalue weighted by atomic mass is 19.4. The maximum absolute atomic E-state index is 13.5. The van der Waals surface area contributed by atoms with Gasteiger partial charge in [-0.3, -0.25) is 14.6 Å². The quantitative estimate of drug-likeness (QED) is 0.399. The number of nitrogens with zero attached hydrogens (tertiary/aromatic N) is 4. The van der Waals surface area contributed by atoms with Crippen molar-refractivity contribution in [3.63, 3.8) is 0 Å². The van der Waals surface area contributed by atoms with Crippen LogP contribution < -0.4 is 0 Å². The molecule has 180 valence electrons. The molecule has 0 spiro atoms. The molecule has 1 amide bonds. The van der Waals surface area contributed by atoms with Gasteiger partial charge < -0.3 is 4.90 Å². The fraction of sp³-hybridized carbons (Fsp3) is 0.269. The zero-order valence-corrected chi connectivity index (χ0v) is 18.9. The number of carbonyl (C=O) groups is 1. The molecule has 0 radical (unpaired) electrons. The Kier molecular flexibility index (Phi) is 6.15. The topological polar surface area (TPSA) is 66.8 Å². The van der Waals surface area contributed by atoms with E-state index in [2.05, 4.69) is 15.3 Å². The lowest BCUT2D eigenvalue weighted by Gasteiger charge is -2.36. The molecular weight excluding hydrogens is 455 g/mol. The van der Waals surface area contributed by atoms with Gasteiger partial charge in [-0.2, -0.15) is 23.4 Å². The lowest BCUT2D eigenvalue weighted by molar-refractivity contribution is -0.137. The summed E-state index contributed by atoms with van der Waals surface area (Å²) in [6.07, 6.45) is 3.42. The number of likely N-dealkylation sites (tertiary alicyclic amines) is 1. The van der Waals surface area contributed by atoms with Crippen LogP contribution in [0, 0.1) is 0 Å². The second-order valence-electron chi connectivity index (χ2n) is 8.68. The van der Waals surface area contributed by atoms with Gasteiger partial charge in [0.25, 0.3) is 5.91 Å². The zero-order chi connectivity index (χ0) is 24.4. The fourth-order valence-corrected chi connectivity index (χ4v) is 4.59. The van der Waals surface area contributed by atoms with Gasteiger partial charge >= 0.3 is 6.18 Å². The van der Waals surface area contributed by atoms with E-state index in [0.717, 1.165) is 42.7 Å². The Morgan fingerprint density at radius 3 is 2.51 bits per heavy atom. The van der Waals surface area contributed by atoms with Gasteiger partial charge in [0.05, 0.1) is 30.0 Å². The molecule has 5 rings (SSSR count). The van der Waals surface area contributed by atoms with Gasteiger partial charge in [0.1, 0.15) is 0 Å². The SMILES string of the molecule is O=C(c1ccc(Cn2cccn2)cc1)N1CCCCC1c1[nH]ncc1-c1ccc(C(F)(F)F)cc1. The number of rotatable bonds is 5. The van der Waals surface area contributed by atoms with Crippen molar-refractivity contribution in [1.29, 1.82) is 0 Å². The Balaban J connectivity index is 1.38. The van der Waals surface area contributed by atoms with E-state index in [-0.39, 0.29) is 11.9 Å². The second kappa shape index (κ2) is 9.40. The Hall–Kier alpha value is -3.88. The lowest BCUT2D eigenvalue weighted by atomic mass is 9.93. The van der Waals surface area contributed by atoms with E-state index in [1.165, 1.54) is 12.1 Å². The number of piperidine rings is 1. The highest BCUT2D eigenvalue weighted by Gasteiger charge is 2.33. The van der Waals surface area contributed by atoms with Gasteiger partial charge in [-0.15, -0.1) is 0 Å². The molecule has 0 saturated carbocycles. The second-order valence-corrected chi connectivity index (χ2v) is 8.68. The first-order chi connectivity index (χ1) is 16.9. The molecule has 2 aromatic carbocycles. The fourth-order valence-electron chi connectivity index (χ4n) is 4.59. The van der Waals surface area contributed by atoms with Crippen molar-refractivity contribution in [2.24, 2.45) is 0 Å². The molecule has 2 aromatic heterocycles. The molecule has 1 N–H and O–H groups in total. The first kappa shape index (κ1) is 22.9. The largest absolute Gasteiger partial charge is 0.416 e. The summed E-state index contributed by atoms with van der Waals surface area (Å²) in [6.45, 7) is 1.22. The van der Waals surface area contributed by atoms with Crippen LogP contribution in [0.1, 0.15) is 52.5 Å². The third-order valence-corrected chi connectivity index (χ3v) is 6.39. The number of hydrogen-bond donors (Lipinski definition) is 1. The molecule has 1 atom stereocenters. The van der Waals surface area contributed by atoms with Crippen LogP contribution in [0.2, 0.25) is 0 Å². The van der Waals surface area contributed by atoms with E-state index in [1.807, 2.05) is 46.1 Å². The number of alkyl halides is 3. The minimum absolute atomic E-state index is 0.0756. The van der Waals surface area contributed by atoms with E-state index in [9.17, 15) is 18.0 Å². The molecule has 1 aliphatic heterocycles. The van der Waals surface area contributed by atoms with Crippen molar-refractivity contribution < 1.29 is 18.0 Å². The predicted molar refractivity (Wildman–Crippen MR) is 124 cm³/mol. The van der Waals surface area contributed by atoms with Crippen LogP contribution in [0.3, 0.4) is 0 Å². The van der Waals surface area contributed by atoms with Crippen LogP contribution in [-0.2, 0) is 12.7 Å². The summed E-state index contributed by atoms with van der Waals surface area (Å²) < 4.78 is 40.8. The third-order valence-electron chi connectivity index (χ3n) is 6.39. The number of aromatic nitrogens is 4. The van der Waals surface area contributed by atoms with Crippen LogP contribution >= 0.6 is 0 Å². The Morgan fingerprint density at radius 1 is 1.06 bits per heavy atom. The maximum Gasteiger partial charge on any atom is 0.416 e. The van der Waals surface area contributed by atoms with Crippen molar-refractivity contribution in [2.75, 3.05) is 6.54 Å². The van der Waals surface area contributed by atoms with Crippen LogP contribution in [0.25, 0.3) is 11.1 Å². The number of nitrogens with one attached hydrogen (secondary N) is 1. The van der Waals surface area contributed by atoms with Crippen LogP contribution in [0.4, 0.5) is 13.2 Å². The van der Waals surface area contributed by atoms with Gasteiger partial charge in [0, 0.05) is 30.1 Å². The number of benzene rings is 2. The Labute approximate surface area is 200 Å². The predicted octanol–water partition coefficient (Wildman–Crippen LogP) is 5.71. The molecule has 0 aliphatic carbocycles. The lowest BCUT2D eigenvalue weighted by Crippen LogP contribution is -2.38. The highest BCUT2D eigenvalue weighted by Crippen LogP contribution is 2.37. The average Bonchev–Trinajstić information content (AvgIpc) is 3.56. The minimum Gasteiger partial charge on any atom is -0.330 e. The molecule has 1 unspecified atom stereocenters. The van der Waals surface area contributed by atoms with E-state index >= 15 is 0 Å². The summed E-state index contributed by atoms with van der Waals surface area (Å²) in [5, 5.41) is 11.4. The van der Waals surface area contributed by atoms with Crippen molar-refractivity contribution in [2.45, 2.75) is 38.0 Å². The van der Waals surface area contributed by atoms with Crippen molar-refractivity contribution in [1.82, 2.24) is 24.9 Å². The van der Waals surface area contributed by atoms with Gasteiger partial charge in [0.2, 0.25) is 0 Å². The van der Waals surface area contributed by atoms with Crippen molar-refractivity contribution in [3.8, 4) is 11.1 Å². The molecular formula is C26H24F3N5O. The highest BCUT2D eigenvalue weighted by molar-refractivity contribution is 5.94. The smallest absolute Gasteiger partial charge is 0.330 e. The standard InChI is InChI=1S/C26H24F3N5O/c27-26(28,29)21-11-9-19(10-12-21)22-16-30-32-24(22)23-4-1-2-15-34(23)25(35)20-7-5-18(6-8-20)17-33-14-3-13-31-33/h3,5-14,16,23H,1-2,4,15,17H2,(H,30,32). The number of halogens is 3. The summed E-state index contributed by atoms with van der Waals surface area (Å²) in [7, 11) is 0. The summed E-state index contributed by atoms with van der Waals surface area (Å²) in [6, 6.07) is 14.2. The van der Waals surface area contributed by atoms with Gasteiger partial charge in [-0.25, -0.2) is 0 Å². The molecule has 9 heteroatoms. The first-order valence-electron chi connectivity index (χ1n) is 11.5. The molecule has 4 aromatic rings. The molecule has 3 heterocycles. The summed E-state index contributed by atoms with van der Waals surface area (Å²) in [5.41, 5.74) is 3.01. The van der Waals surface area contributed by atoms with Gasteiger partial charge in [-0.1, -0.05) is 24.3 Å². The summed E-state index contributed by atoms with van der Waals surface area (Å²) in [4.78, 5) is 15.3. The maximum atomic E-state index is 13.5. The normalized spacial score (nSPS) is 16.4. The first-order valence-corrected chi connectivity index (χ1v) is 11.5. The third kappa shape index (κ3) is 4.84. The minimum atomic E-state index is -4.39. The molecule has 1 aliphatic rings. The number of hydrogen-bond acceptors (Lipinski definition) is 3. The number of amides is 1. The van der Waals surface area contributed by atoms with E-state index in [4.69, 9.17) is 0 Å². The van der Waals surface area contributed by atoms with Crippen molar-refractivity contribution >= 4 is 5.91 Å². The molecule has 6 nitrogen and oxygen atoms in total. The molecule has 0 bridgehead atoms. The van der Waals surface area contributed by atoms with Crippen molar-refractivity contribution in [3.05, 3.63) is 95.6 Å². The zero-order valence-electron chi connectivity index (χ0n) is 18.9. The number of carbonyl (C=O) groups excluding carboxylic acids is 1. The Morgan fingerprint density at radius 2 is 1.83 bits per heavy atom. The van der Waals surface area contributed by atoms with Crippen LogP contribution in [0.5, 0.6) is 0 Å². The number of H-pyrrole nitrogens is 1. The average molecular weight is 480 g/mol. The summed E-state index contributed by atoms with van der Waals surface area (Å²) in [5.74, 6) is -0.0756.